The normalized spacial score (nSPS) is 9.70. The van der Waals surface area contributed by atoms with Gasteiger partial charge in [0.2, 0.25) is 6.29 Å². The summed E-state index contributed by atoms with van der Waals surface area (Å²) < 4.78 is 26.3. The molecule has 0 unspecified atom stereocenters. The first kappa shape index (κ1) is 12.2. The minimum atomic E-state index is -3.64. The van der Waals surface area contributed by atoms with E-state index in [0.29, 0.717) is 0 Å². The number of alkyl halides is 2. The van der Waals surface area contributed by atoms with Crippen LogP contribution in [0.5, 0.6) is 0 Å². The summed E-state index contributed by atoms with van der Waals surface area (Å²) >= 11 is 0. The molecule has 0 fully saturated rings. The van der Waals surface area contributed by atoms with E-state index in [0.717, 1.165) is 6.61 Å². The Morgan fingerprint density at radius 2 is 1.90 bits per heavy atom. The summed E-state index contributed by atoms with van der Waals surface area (Å²) in [6.07, 6.45) is -0.618. The zero-order valence-corrected chi connectivity index (χ0v) is 5.93. The maximum absolute atomic E-state index is 10.9. The van der Waals surface area contributed by atoms with E-state index >= 15 is 0 Å². The fraction of sp³-hybridized carbons (Fsp3) is 0.800. The lowest BCUT2D eigenvalue weighted by Crippen LogP contribution is -2.29. The van der Waals surface area contributed by atoms with Gasteiger partial charge in [-0.1, -0.05) is 0 Å². The summed E-state index contributed by atoms with van der Waals surface area (Å²) in [5, 5.41) is 0. The van der Waals surface area contributed by atoms with Crippen LogP contribution in [0.1, 0.15) is 6.92 Å². The Hall–Kier alpha value is -0.550. The number of halogens is 2. The van der Waals surface area contributed by atoms with Crippen LogP contribution in [0.15, 0.2) is 0 Å². The predicted molar refractivity (Wildman–Crippen MR) is 32.7 cm³/mol. The number of methoxy groups -OCH3 is 1. The molecule has 0 aromatic rings. The number of aldehydes is 1. The van der Waals surface area contributed by atoms with Gasteiger partial charge >= 0.3 is 6.05 Å². The molecule has 62 valence electrons. The SMILES string of the molecule is CCOC.NC(F)(F)C=O. The Bertz CT molecular complexity index is 80.2. The van der Waals surface area contributed by atoms with Crippen molar-refractivity contribution in [1.29, 1.82) is 0 Å². The van der Waals surface area contributed by atoms with Crippen LogP contribution in [-0.2, 0) is 9.53 Å². The summed E-state index contributed by atoms with van der Waals surface area (Å²) in [6, 6.07) is -3.64. The van der Waals surface area contributed by atoms with Crippen molar-refractivity contribution in [3.63, 3.8) is 0 Å². The summed E-state index contributed by atoms with van der Waals surface area (Å²) in [6.45, 7) is 2.78. The first-order chi connectivity index (χ1) is 4.47. The second-order valence-electron chi connectivity index (χ2n) is 1.37. The van der Waals surface area contributed by atoms with Gasteiger partial charge in [0.25, 0.3) is 0 Å². The quantitative estimate of drug-likeness (QED) is 0.463. The lowest BCUT2D eigenvalue weighted by molar-refractivity contribution is -0.128. The van der Waals surface area contributed by atoms with Crippen molar-refractivity contribution in [2.75, 3.05) is 13.7 Å². The third kappa shape index (κ3) is 26.0. The van der Waals surface area contributed by atoms with E-state index in [9.17, 15) is 8.78 Å². The van der Waals surface area contributed by atoms with Crippen molar-refractivity contribution in [1.82, 2.24) is 0 Å². The molecule has 0 aromatic carbocycles. The van der Waals surface area contributed by atoms with Crippen molar-refractivity contribution in [3.8, 4) is 0 Å². The van der Waals surface area contributed by atoms with Crippen molar-refractivity contribution < 1.29 is 18.3 Å². The molecule has 0 heterocycles. The Morgan fingerprint density at radius 1 is 1.70 bits per heavy atom. The topological polar surface area (TPSA) is 52.3 Å². The third-order valence-corrected chi connectivity index (χ3v) is 0.446. The summed E-state index contributed by atoms with van der Waals surface area (Å²) in [7, 11) is 1.68. The van der Waals surface area contributed by atoms with Gasteiger partial charge in [0, 0.05) is 13.7 Å². The molecule has 10 heavy (non-hydrogen) atoms. The van der Waals surface area contributed by atoms with Gasteiger partial charge in [-0.2, -0.15) is 8.78 Å². The van der Waals surface area contributed by atoms with E-state index in [1.165, 1.54) is 0 Å². The van der Waals surface area contributed by atoms with Gasteiger partial charge < -0.3 is 4.74 Å². The number of nitrogens with two attached hydrogens (primary N) is 1. The molecule has 0 aliphatic rings. The highest BCUT2D eigenvalue weighted by molar-refractivity contribution is 5.58. The van der Waals surface area contributed by atoms with Gasteiger partial charge in [-0.05, 0) is 6.92 Å². The molecule has 0 amide bonds. The van der Waals surface area contributed by atoms with Crippen molar-refractivity contribution >= 4 is 6.29 Å². The molecule has 0 bridgehead atoms. The molecular formula is C5H11F2NO2. The van der Waals surface area contributed by atoms with Gasteiger partial charge in [0.15, 0.2) is 0 Å². The molecule has 0 atom stereocenters. The highest BCUT2D eigenvalue weighted by atomic mass is 19.3. The lowest BCUT2D eigenvalue weighted by atomic mass is 10.7. The molecule has 0 saturated carbocycles. The fourth-order valence-electron chi connectivity index (χ4n) is 0. The second kappa shape index (κ2) is 6.57. The molecule has 2 N–H and O–H groups in total. The smallest absolute Gasteiger partial charge is 0.356 e. The Kier molecular flexibility index (Phi) is 7.99. The van der Waals surface area contributed by atoms with Crippen molar-refractivity contribution in [3.05, 3.63) is 0 Å². The van der Waals surface area contributed by atoms with Crippen LogP contribution in [0, 0.1) is 0 Å². The van der Waals surface area contributed by atoms with E-state index < -0.39 is 12.3 Å². The second-order valence-corrected chi connectivity index (χ2v) is 1.37. The zero-order chi connectivity index (χ0) is 8.62. The van der Waals surface area contributed by atoms with E-state index in [2.05, 4.69) is 10.5 Å². The summed E-state index contributed by atoms with van der Waals surface area (Å²) in [4.78, 5) is 8.95. The van der Waals surface area contributed by atoms with Crippen molar-refractivity contribution in [2.24, 2.45) is 5.73 Å². The van der Waals surface area contributed by atoms with E-state index in [-0.39, 0.29) is 0 Å². The third-order valence-electron chi connectivity index (χ3n) is 0.446. The number of hydrogen-bond acceptors (Lipinski definition) is 3. The van der Waals surface area contributed by atoms with Crippen LogP contribution in [0.4, 0.5) is 8.78 Å². The first-order valence-corrected chi connectivity index (χ1v) is 2.60. The molecule has 3 nitrogen and oxygen atoms in total. The molecule has 0 aliphatic carbocycles. The molecular weight excluding hydrogens is 144 g/mol. The van der Waals surface area contributed by atoms with E-state index in [1.807, 2.05) is 6.92 Å². The minimum Gasteiger partial charge on any atom is -0.385 e. The highest BCUT2D eigenvalue weighted by Gasteiger charge is 2.18. The molecule has 0 aliphatic heterocycles. The summed E-state index contributed by atoms with van der Waals surface area (Å²) in [5.74, 6) is 0. The number of carbonyl (C=O) groups is 1. The maximum atomic E-state index is 10.9. The zero-order valence-electron chi connectivity index (χ0n) is 5.93. The van der Waals surface area contributed by atoms with Crippen LogP contribution < -0.4 is 5.73 Å². The van der Waals surface area contributed by atoms with E-state index in [1.54, 1.807) is 7.11 Å². The van der Waals surface area contributed by atoms with Gasteiger partial charge in [0.1, 0.15) is 0 Å². The molecule has 0 rings (SSSR count). The average molecular weight is 155 g/mol. The molecule has 5 heteroatoms. The Labute approximate surface area is 58.2 Å². The number of rotatable bonds is 2. The fourth-order valence-corrected chi connectivity index (χ4v) is 0. The minimum absolute atomic E-state index is 0.618. The Morgan fingerprint density at radius 3 is 1.90 bits per heavy atom. The van der Waals surface area contributed by atoms with Crippen LogP contribution >= 0.6 is 0 Å². The molecule has 0 spiro atoms. The van der Waals surface area contributed by atoms with Gasteiger partial charge in [-0.15, -0.1) is 0 Å². The molecule has 0 aromatic heterocycles. The maximum Gasteiger partial charge on any atom is 0.356 e. The van der Waals surface area contributed by atoms with Gasteiger partial charge in [-0.3, -0.25) is 10.5 Å². The van der Waals surface area contributed by atoms with Crippen LogP contribution in [0.2, 0.25) is 0 Å². The summed E-state index contributed by atoms with van der Waals surface area (Å²) in [5.41, 5.74) is 3.83. The number of hydrogen-bond donors (Lipinski definition) is 1. The standard InChI is InChI=1S/C3H8O.C2H3F2NO/c1-3-4-2;3-2(4,5)1-6/h3H2,1-2H3;1H,5H2. The number of carbonyl (C=O) groups excluding carboxylic acids is 1. The van der Waals surface area contributed by atoms with Crippen LogP contribution in [0.3, 0.4) is 0 Å². The molecule has 0 radical (unpaired) electrons. The average Bonchev–Trinajstić information content (AvgIpc) is 1.87. The van der Waals surface area contributed by atoms with E-state index in [4.69, 9.17) is 4.79 Å². The predicted octanol–water partition coefficient (Wildman–Crippen LogP) is 0.390. The van der Waals surface area contributed by atoms with Crippen LogP contribution in [-0.4, -0.2) is 26.0 Å². The Balaban J connectivity index is 0. The molecule has 0 saturated heterocycles. The van der Waals surface area contributed by atoms with Gasteiger partial charge in [0.05, 0.1) is 0 Å². The first-order valence-electron chi connectivity index (χ1n) is 2.60. The monoisotopic (exact) mass is 155 g/mol. The number of ether oxygens (including phenoxy) is 1. The van der Waals surface area contributed by atoms with Crippen LogP contribution in [0.25, 0.3) is 0 Å². The highest BCUT2D eigenvalue weighted by Crippen LogP contribution is 1.95. The largest absolute Gasteiger partial charge is 0.385 e. The van der Waals surface area contributed by atoms with Gasteiger partial charge in [-0.25, -0.2) is 0 Å². The lowest BCUT2D eigenvalue weighted by Gasteiger charge is -1.93. The van der Waals surface area contributed by atoms with Crippen molar-refractivity contribution in [2.45, 2.75) is 13.0 Å².